The fourth-order valence-electron chi connectivity index (χ4n) is 8.41. The number of piperazine rings is 1. The average molecular weight is 1070 g/mol. The molecule has 2 aliphatic rings. The van der Waals surface area contributed by atoms with Gasteiger partial charge in [-0.15, -0.1) is 0 Å². The topological polar surface area (TPSA) is 342 Å². The summed E-state index contributed by atoms with van der Waals surface area (Å²) in [5.74, 6) is -7.33. The number of ether oxygens (including phenoxy) is 2. The van der Waals surface area contributed by atoms with E-state index in [0.29, 0.717) is 11.0 Å². The van der Waals surface area contributed by atoms with Crippen LogP contribution in [0, 0.1) is 11.7 Å². The van der Waals surface area contributed by atoms with Gasteiger partial charge in [0.1, 0.15) is 41.4 Å². The van der Waals surface area contributed by atoms with Crippen molar-refractivity contribution >= 4 is 86.5 Å². The van der Waals surface area contributed by atoms with Gasteiger partial charge in [0.2, 0.25) is 41.4 Å². The highest BCUT2D eigenvalue weighted by molar-refractivity contribution is 6.13. The molecule has 6 rings (SSSR count). The summed E-state index contributed by atoms with van der Waals surface area (Å²) >= 11 is 0. The number of hydrogen-bond acceptors (Lipinski definition) is 15. The van der Waals surface area contributed by atoms with Crippen molar-refractivity contribution < 1.29 is 57.0 Å². The zero-order valence-electron chi connectivity index (χ0n) is 43.5. The monoisotopic (exact) mass is 1070 g/mol. The number of halogens is 1. The fraction of sp³-hybridized carbons (Fsp3) is 0.471. The average Bonchev–Trinajstić information content (AvgIpc) is 3.94. The second-order valence-electron chi connectivity index (χ2n) is 19.1. The number of nitrogens with two attached hydrogens (primary N) is 1. The van der Waals surface area contributed by atoms with Crippen molar-refractivity contribution in [3.8, 4) is 11.4 Å². The molecule has 25 nitrogen and oxygen atoms in total. The van der Waals surface area contributed by atoms with Gasteiger partial charge in [-0.25, -0.2) is 9.37 Å². The van der Waals surface area contributed by atoms with Crippen LogP contribution in [0.3, 0.4) is 0 Å². The van der Waals surface area contributed by atoms with E-state index in [2.05, 4.69) is 63.7 Å². The van der Waals surface area contributed by atoms with Crippen molar-refractivity contribution in [1.82, 2.24) is 51.3 Å². The van der Waals surface area contributed by atoms with Crippen LogP contribution in [0.25, 0.3) is 33.3 Å². The number of carbonyl (C=O) groups excluding carboxylic acids is 9. The van der Waals surface area contributed by atoms with Gasteiger partial charge in [-0.3, -0.25) is 52.8 Å². The number of benzene rings is 2. The number of anilines is 2. The molecule has 2 aromatic heterocycles. The van der Waals surface area contributed by atoms with Crippen molar-refractivity contribution in [2.45, 2.75) is 77.5 Å². The quantitative estimate of drug-likeness (QED) is 0.0272. The van der Waals surface area contributed by atoms with Gasteiger partial charge < -0.3 is 66.9 Å². The van der Waals surface area contributed by atoms with Crippen LogP contribution < -0.4 is 48.1 Å². The van der Waals surface area contributed by atoms with Gasteiger partial charge in [-0.1, -0.05) is 19.9 Å². The summed E-state index contributed by atoms with van der Waals surface area (Å²) in [7, 11) is 2.05. The number of hydrogen-bond donors (Lipinski definition) is 9. The molecule has 1 unspecified atom stereocenters. The van der Waals surface area contributed by atoms with E-state index in [1.807, 2.05) is 12.1 Å². The first-order valence-electron chi connectivity index (χ1n) is 25.2. The minimum atomic E-state index is -1.64. The van der Waals surface area contributed by atoms with Gasteiger partial charge in [0.05, 0.1) is 60.5 Å². The lowest BCUT2D eigenvalue weighted by molar-refractivity contribution is -0.137. The molecular weight excluding hydrogens is 1010 g/mol. The molecule has 4 atom stereocenters. The summed E-state index contributed by atoms with van der Waals surface area (Å²) in [5.41, 5.74) is 6.50. The Morgan fingerprint density at radius 2 is 1.40 bits per heavy atom. The molecule has 10 N–H and O–H groups in total. The molecule has 4 aromatic rings. The number of nitrogens with zero attached hydrogens (tertiary/aromatic N) is 4. The third-order valence-corrected chi connectivity index (χ3v) is 12.6. The predicted octanol–water partition coefficient (Wildman–Crippen LogP) is -0.344. The first kappa shape index (κ1) is 58.2. The van der Waals surface area contributed by atoms with Gasteiger partial charge in [0.25, 0.3) is 17.4 Å². The van der Waals surface area contributed by atoms with Crippen LogP contribution in [0.2, 0.25) is 0 Å². The maximum Gasteiger partial charge on any atom is 0.261 e. The standard InChI is InChI=1S/C51H66FN13O12/c1-28(2)25-36(50(74)62-45-43-32(52)7-6-8-34(43)59-51(75)44(45)46-57-33-10-9-31(26-35(33)58-46)64-19-17-63(5)18-20-64)61-49(73)37(27-38(53)66)60-48(72)30(4)56-47(71)29(3)55-40(68)14-21-76-23-24-77-22-15-54-39(67)13-16-65-41(69)11-12-42(65)70/h6-12,26,28-30,36-37H,13-25,27H2,1-5H3,(H2,53,66)(H,54,67)(H,55,68)(H,56,71)(H,57,58)(H,60,72)(H,61,73)(H2,59,62,74,75)/t29-,30-,36?,37-/m1/s1. The van der Waals surface area contributed by atoms with Gasteiger partial charge in [-0.2, -0.15) is 0 Å². The SMILES string of the molecule is CC(C)CC(NC(=O)[C@@H](CC(N)=O)NC(=O)[C@@H](C)NC(=O)[C@@H](C)NC(=O)CCOCCOCCNC(=O)CCN1C(=O)C=CC1=O)C(=O)Nc1c(-c2nc3ccc(N4CCN(C)CC4)cc3[nH]2)c(=O)[nH]c2cccc(F)c12. The summed E-state index contributed by atoms with van der Waals surface area (Å²) < 4.78 is 26.7. The third kappa shape index (κ3) is 16.2. The molecular formula is C51H66FN13O12. The maximum absolute atomic E-state index is 15.9. The largest absolute Gasteiger partial charge is 0.379 e. The number of imidazole rings is 1. The van der Waals surface area contributed by atoms with Gasteiger partial charge in [0, 0.05) is 69.9 Å². The Labute approximate surface area is 441 Å². The van der Waals surface area contributed by atoms with E-state index in [1.165, 1.54) is 26.0 Å². The molecule has 2 aromatic carbocycles. The highest BCUT2D eigenvalue weighted by Crippen LogP contribution is 2.34. The lowest BCUT2D eigenvalue weighted by atomic mass is 10.0. The number of aromatic nitrogens is 3. The number of H-pyrrole nitrogens is 2. The Balaban J connectivity index is 1.01. The molecule has 414 valence electrons. The zero-order chi connectivity index (χ0) is 55.9. The van der Waals surface area contributed by atoms with Crippen molar-refractivity contribution in [2.24, 2.45) is 11.7 Å². The molecule has 77 heavy (non-hydrogen) atoms. The fourth-order valence-corrected chi connectivity index (χ4v) is 8.41. The summed E-state index contributed by atoms with van der Waals surface area (Å²) in [5, 5.41) is 15.1. The van der Waals surface area contributed by atoms with Crippen molar-refractivity contribution in [1.29, 1.82) is 0 Å². The maximum atomic E-state index is 15.9. The Morgan fingerprint density at radius 3 is 2.09 bits per heavy atom. The molecule has 0 spiro atoms. The number of amides is 9. The number of nitrogens with one attached hydrogen (secondary N) is 8. The van der Waals surface area contributed by atoms with E-state index in [9.17, 15) is 47.9 Å². The smallest absolute Gasteiger partial charge is 0.261 e. The van der Waals surface area contributed by atoms with E-state index in [1.54, 1.807) is 19.9 Å². The van der Waals surface area contributed by atoms with Gasteiger partial charge >= 0.3 is 0 Å². The molecule has 1 fully saturated rings. The van der Waals surface area contributed by atoms with Crippen LogP contribution in [-0.4, -0.2) is 175 Å². The van der Waals surface area contributed by atoms with Crippen LogP contribution in [0.5, 0.6) is 0 Å². The van der Waals surface area contributed by atoms with Crippen molar-refractivity contribution in [2.75, 3.05) is 83.0 Å². The lowest BCUT2D eigenvalue weighted by Gasteiger charge is -2.34. The number of imide groups is 1. The van der Waals surface area contributed by atoms with Crippen molar-refractivity contribution in [3.63, 3.8) is 0 Å². The molecule has 4 heterocycles. The van der Waals surface area contributed by atoms with Gasteiger partial charge in [0.15, 0.2) is 0 Å². The van der Waals surface area contributed by atoms with Crippen LogP contribution >= 0.6 is 0 Å². The highest BCUT2D eigenvalue weighted by Gasteiger charge is 2.32. The van der Waals surface area contributed by atoms with E-state index in [0.717, 1.165) is 55.0 Å². The summed E-state index contributed by atoms with van der Waals surface area (Å²) in [4.78, 5) is 145. The molecule has 9 amide bonds. The summed E-state index contributed by atoms with van der Waals surface area (Å²) in [6, 6.07) is 4.21. The summed E-state index contributed by atoms with van der Waals surface area (Å²) in [6.45, 7) is 10.2. The highest BCUT2D eigenvalue weighted by atomic mass is 19.1. The predicted molar refractivity (Wildman–Crippen MR) is 280 cm³/mol. The number of primary amides is 1. The number of fused-ring (bicyclic) bond motifs is 2. The second-order valence-corrected chi connectivity index (χ2v) is 19.1. The first-order chi connectivity index (χ1) is 36.7. The minimum absolute atomic E-state index is 0.00338. The Kier molecular flexibility index (Phi) is 20.5. The minimum Gasteiger partial charge on any atom is -0.379 e. The van der Waals surface area contributed by atoms with E-state index >= 15 is 4.39 Å². The molecule has 0 radical (unpaired) electrons. The van der Waals surface area contributed by atoms with Gasteiger partial charge in [-0.05, 0) is 63.6 Å². The molecule has 0 bridgehead atoms. The molecule has 26 heteroatoms. The first-order valence-corrected chi connectivity index (χ1v) is 25.2. The van der Waals surface area contributed by atoms with E-state index in [4.69, 9.17) is 15.2 Å². The van der Waals surface area contributed by atoms with Crippen LogP contribution in [-0.2, 0) is 52.6 Å². The number of aromatic amines is 2. The second kappa shape index (κ2) is 27.1. The molecule has 0 aliphatic carbocycles. The number of pyridine rings is 1. The molecule has 2 aliphatic heterocycles. The number of carbonyl (C=O) groups is 9. The van der Waals surface area contributed by atoms with Crippen LogP contribution in [0.15, 0.2) is 53.3 Å². The van der Waals surface area contributed by atoms with E-state index < -0.39 is 89.2 Å². The Hall–Kier alpha value is -8.10. The van der Waals surface area contributed by atoms with E-state index in [-0.39, 0.29) is 98.6 Å². The van der Waals surface area contributed by atoms with Crippen LogP contribution in [0.1, 0.15) is 53.4 Å². The number of likely N-dealkylation sites (N-methyl/N-ethyl adjacent to an activating group) is 1. The molecule has 0 saturated carbocycles. The third-order valence-electron chi connectivity index (χ3n) is 12.6. The Morgan fingerprint density at radius 1 is 0.740 bits per heavy atom. The Bertz CT molecular complexity index is 2930. The lowest BCUT2D eigenvalue weighted by Crippen LogP contribution is -2.57. The summed E-state index contributed by atoms with van der Waals surface area (Å²) in [6.07, 6.45) is 1.39. The number of rotatable bonds is 27. The zero-order valence-corrected chi connectivity index (χ0v) is 43.5. The van der Waals surface area contributed by atoms with Crippen molar-refractivity contribution in [3.05, 3.63) is 64.7 Å². The normalized spacial score (nSPS) is 15.3. The van der Waals surface area contributed by atoms with Crippen LogP contribution in [0.4, 0.5) is 15.8 Å². The molecule has 1 saturated heterocycles.